The van der Waals surface area contributed by atoms with Gasteiger partial charge in [-0.05, 0) is 38.5 Å². The zero-order valence-corrected chi connectivity index (χ0v) is 11.1. The van der Waals surface area contributed by atoms with E-state index in [2.05, 4.69) is 9.88 Å². The second kappa shape index (κ2) is 4.58. The lowest BCUT2D eigenvalue weighted by molar-refractivity contribution is 0.195. The Kier molecular flexibility index (Phi) is 3.09. The lowest BCUT2D eigenvalue weighted by Gasteiger charge is -2.37. The van der Waals surface area contributed by atoms with Crippen LogP contribution in [-0.4, -0.2) is 22.7 Å². The topological polar surface area (TPSA) is 36.4 Å². The van der Waals surface area contributed by atoms with Gasteiger partial charge in [0.1, 0.15) is 0 Å². The maximum Gasteiger partial charge on any atom is 0.185 e. The third kappa shape index (κ3) is 2.08. The van der Waals surface area contributed by atoms with Gasteiger partial charge in [0.25, 0.3) is 0 Å². The van der Waals surface area contributed by atoms with Crippen molar-refractivity contribution in [2.75, 3.05) is 11.4 Å². The highest BCUT2D eigenvalue weighted by Crippen LogP contribution is 2.40. The zero-order chi connectivity index (χ0) is 11.8. The lowest BCUT2D eigenvalue weighted by Crippen LogP contribution is -2.42. The normalized spacial score (nSPS) is 30.4. The van der Waals surface area contributed by atoms with E-state index in [0.29, 0.717) is 0 Å². The number of fused-ring (bicyclic) bond motifs is 1. The summed E-state index contributed by atoms with van der Waals surface area (Å²) in [6, 6.07) is 0.719. The molecule has 3 atom stereocenters. The fourth-order valence-corrected chi connectivity index (χ4v) is 4.29. The molecule has 0 radical (unpaired) electrons. The number of hydrogen-bond donors (Lipinski definition) is 1. The molecule has 1 aromatic heterocycles. The summed E-state index contributed by atoms with van der Waals surface area (Å²) in [6.07, 6.45) is 6.36. The first kappa shape index (κ1) is 11.5. The number of piperidine rings is 1. The minimum Gasteiger partial charge on any atom is -0.387 e. The van der Waals surface area contributed by atoms with Crippen molar-refractivity contribution in [1.82, 2.24) is 4.98 Å². The van der Waals surface area contributed by atoms with Crippen molar-refractivity contribution in [3.8, 4) is 0 Å². The molecule has 1 saturated carbocycles. The van der Waals surface area contributed by atoms with E-state index in [9.17, 15) is 5.11 Å². The van der Waals surface area contributed by atoms with E-state index in [0.717, 1.165) is 29.3 Å². The fourth-order valence-electron chi connectivity index (χ4n) is 3.29. The molecule has 3 nitrogen and oxygen atoms in total. The molecule has 17 heavy (non-hydrogen) atoms. The van der Waals surface area contributed by atoms with Gasteiger partial charge in [0.15, 0.2) is 5.13 Å². The van der Waals surface area contributed by atoms with Gasteiger partial charge in [0, 0.05) is 18.0 Å². The Morgan fingerprint density at radius 3 is 3.00 bits per heavy atom. The minimum absolute atomic E-state index is 0.441. The average molecular weight is 252 g/mol. The molecule has 1 aliphatic carbocycles. The van der Waals surface area contributed by atoms with E-state index >= 15 is 0 Å². The van der Waals surface area contributed by atoms with Gasteiger partial charge in [0.05, 0.1) is 11.8 Å². The van der Waals surface area contributed by atoms with Crippen molar-refractivity contribution in [2.24, 2.45) is 5.92 Å². The van der Waals surface area contributed by atoms with Crippen LogP contribution in [0.25, 0.3) is 0 Å². The summed E-state index contributed by atoms with van der Waals surface area (Å²) in [5.74, 6) is 0.891. The van der Waals surface area contributed by atoms with Crippen molar-refractivity contribution in [2.45, 2.75) is 51.2 Å². The average Bonchev–Trinajstić information content (AvgIpc) is 2.97. The molecule has 2 fully saturated rings. The third-order valence-electron chi connectivity index (χ3n) is 4.18. The molecule has 0 spiro atoms. The van der Waals surface area contributed by atoms with Crippen LogP contribution in [0.2, 0.25) is 0 Å². The van der Waals surface area contributed by atoms with Gasteiger partial charge < -0.3 is 10.0 Å². The van der Waals surface area contributed by atoms with E-state index in [1.54, 1.807) is 18.3 Å². The summed E-state index contributed by atoms with van der Waals surface area (Å²) in [4.78, 5) is 7.09. The Morgan fingerprint density at radius 1 is 1.41 bits per heavy atom. The molecule has 0 amide bonds. The molecule has 2 aliphatic rings. The van der Waals surface area contributed by atoms with Gasteiger partial charge in [0.2, 0.25) is 0 Å². The summed E-state index contributed by atoms with van der Waals surface area (Å²) in [7, 11) is 0. The summed E-state index contributed by atoms with van der Waals surface area (Å²) in [6.45, 7) is 2.93. The largest absolute Gasteiger partial charge is 0.387 e. The number of nitrogens with zero attached hydrogens (tertiary/aromatic N) is 2. The number of aliphatic hydroxyl groups is 1. The van der Waals surface area contributed by atoms with Crippen LogP contribution in [0.1, 0.15) is 50.8 Å². The molecule has 3 rings (SSSR count). The van der Waals surface area contributed by atoms with Gasteiger partial charge in [-0.15, -0.1) is 11.3 Å². The van der Waals surface area contributed by atoms with Crippen LogP contribution in [0, 0.1) is 5.92 Å². The zero-order valence-electron chi connectivity index (χ0n) is 10.3. The highest BCUT2D eigenvalue weighted by Gasteiger charge is 2.36. The van der Waals surface area contributed by atoms with Crippen molar-refractivity contribution in [3.05, 3.63) is 11.1 Å². The van der Waals surface area contributed by atoms with Gasteiger partial charge in [-0.3, -0.25) is 0 Å². The first-order valence-corrected chi connectivity index (χ1v) is 7.54. The summed E-state index contributed by atoms with van der Waals surface area (Å²) < 4.78 is 0. The summed E-state index contributed by atoms with van der Waals surface area (Å²) in [5.41, 5.74) is 0.824. The molecule has 0 bridgehead atoms. The van der Waals surface area contributed by atoms with Crippen LogP contribution in [0.3, 0.4) is 0 Å². The molecule has 0 aromatic carbocycles. The molecule has 2 heterocycles. The van der Waals surface area contributed by atoms with Crippen LogP contribution < -0.4 is 4.90 Å². The maximum absolute atomic E-state index is 9.55. The standard InChI is InChI=1S/C13H20N2OS/c1-9(16)11-8-17-13(14-11)15-7-3-5-10-4-2-6-12(10)15/h8-10,12,16H,2-7H2,1H3. The Morgan fingerprint density at radius 2 is 2.24 bits per heavy atom. The van der Waals surface area contributed by atoms with Crippen molar-refractivity contribution < 1.29 is 5.11 Å². The number of thiazole rings is 1. The van der Waals surface area contributed by atoms with E-state index in [4.69, 9.17) is 0 Å². The molecule has 1 aromatic rings. The molecule has 3 unspecified atom stereocenters. The Balaban J connectivity index is 1.81. The van der Waals surface area contributed by atoms with Gasteiger partial charge in [-0.1, -0.05) is 6.42 Å². The second-order valence-corrected chi connectivity index (χ2v) is 6.16. The van der Waals surface area contributed by atoms with E-state index in [1.165, 1.54) is 32.1 Å². The highest BCUT2D eigenvalue weighted by atomic mass is 32.1. The first-order chi connectivity index (χ1) is 8.25. The van der Waals surface area contributed by atoms with Gasteiger partial charge in [-0.25, -0.2) is 4.98 Å². The fraction of sp³-hybridized carbons (Fsp3) is 0.769. The SMILES string of the molecule is CC(O)c1csc(N2CCCC3CCCC32)n1. The maximum atomic E-state index is 9.55. The second-order valence-electron chi connectivity index (χ2n) is 5.32. The molecule has 94 valence electrons. The molecular formula is C13H20N2OS. The molecule has 4 heteroatoms. The Hall–Kier alpha value is -0.610. The quantitative estimate of drug-likeness (QED) is 0.879. The van der Waals surface area contributed by atoms with Crippen LogP contribution in [0.4, 0.5) is 5.13 Å². The monoisotopic (exact) mass is 252 g/mol. The number of rotatable bonds is 2. The number of aromatic nitrogens is 1. The summed E-state index contributed by atoms with van der Waals surface area (Å²) in [5, 5.41) is 12.7. The number of aliphatic hydroxyl groups excluding tert-OH is 1. The van der Waals surface area contributed by atoms with Crippen LogP contribution in [-0.2, 0) is 0 Å². The van der Waals surface area contributed by atoms with Gasteiger partial charge in [-0.2, -0.15) is 0 Å². The van der Waals surface area contributed by atoms with E-state index in [-0.39, 0.29) is 0 Å². The Bertz CT molecular complexity index is 391. The predicted octanol–water partition coefficient (Wildman–Crippen LogP) is 2.97. The van der Waals surface area contributed by atoms with Crippen molar-refractivity contribution >= 4 is 16.5 Å². The van der Waals surface area contributed by atoms with Crippen LogP contribution in [0.15, 0.2) is 5.38 Å². The minimum atomic E-state index is -0.441. The van der Waals surface area contributed by atoms with Gasteiger partial charge >= 0.3 is 0 Å². The molecule has 1 aliphatic heterocycles. The van der Waals surface area contributed by atoms with E-state index < -0.39 is 6.10 Å². The number of hydrogen-bond acceptors (Lipinski definition) is 4. The number of anilines is 1. The summed E-state index contributed by atoms with van der Waals surface area (Å²) >= 11 is 1.69. The van der Waals surface area contributed by atoms with E-state index in [1.807, 2.05) is 5.38 Å². The predicted molar refractivity (Wildman–Crippen MR) is 70.5 cm³/mol. The smallest absolute Gasteiger partial charge is 0.185 e. The van der Waals surface area contributed by atoms with Crippen molar-refractivity contribution in [3.63, 3.8) is 0 Å². The van der Waals surface area contributed by atoms with Crippen molar-refractivity contribution in [1.29, 1.82) is 0 Å². The third-order valence-corrected chi connectivity index (χ3v) is 5.07. The van der Waals surface area contributed by atoms with Crippen LogP contribution in [0.5, 0.6) is 0 Å². The lowest BCUT2D eigenvalue weighted by atomic mass is 9.92. The molecule has 1 N–H and O–H groups in total. The highest BCUT2D eigenvalue weighted by molar-refractivity contribution is 7.13. The Labute approximate surface area is 106 Å². The first-order valence-electron chi connectivity index (χ1n) is 6.66. The molecule has 1 saturated heterocycles. The molecular weight excluding hydrogens is 232 g/mol. The van der Waals surface area contributed by atoms with Crippen LogP contribution >= 0.6 is 11.3 Å².